The average molecular weight is 317 g/mol. The van der Waals surface area contributed by atoms with Crippen LogP contribution in [0.4, 0.5) is 0 Å². The van der Waals surface area contributed by atoms with Crippen LogP contribution in [-0.4, -0.2) is 53.9 Å². The zero-order valence-electron chi connectivity index (χ0n) is 12.1. The molecule has 0 amide bonds. The van der Waals surface area contributed by atoms with E-state index in [9.17, 15) is 0 Å². The van der Waals surface area contributed by atoms with Crippen molar-refractivity contribution in [1.82, 2.24) is 9.80 Å². The summed E-state index contributed by atoms with van der Waals surface area (Å²) < 4.78 is 0. The Morgan fingerprint density at radius 2 is 1.72 bits per heavy atom. The minimum absolute atomic E-state index is 0.596. The van der Waals surface area contributed by atoms with Gasteiger partial charge in [0.25, 0.3) is 0 Å². The molecule has 2 aliphatic rings. The van der Waals surface area contributed by atoms with E-state index in [1.165, 1.54) is 70.2 Å². The first-order valence-electron chi connectivity index (χ1n) is 7.71. The van der Waals surface area contributed by atoms with Gasteiger partial charge >= 0.3 is 0 Å². The minimum atomic E-state index is 0.596. The molecule has 1 atom stereocenters. The molecule has 2 fully saturated rings. The molecular formula is C15H29BrN2. The summed E-state index contributed by atoms with van der Waals surface area (Å²) in [7, 11) is 0. The fraction of sp³-hybridized carbons (Fsp3) is 1.00. The third-order valence-electron chi connectivity index (χ3n) is 5.13. The molecule has 0 aromatic rings. The Hall–Kier alpha value is 0.400. The highest BCUT2D eigenvalue weighted by molar-refractivity contribution is 9.09. The van der Waals surface area contributed by atoms with Crippen LogP contribution in [0.2, 0.25) is 0 Å². The van der Waals surface area contributed by atoms with Gasteiger partial charge in [0.2, 0.25) is 0 Å². The highest BCUT2D eigenvalue weighted by Gasteiger charge is 2.35. The van der Waals surface area contributed by atoms with Crippen molar-refractivity contribution in [2.45, 2.75) is 52.0 Å². The molecule has 106 valence electrons. The van der Waals surface area contributed by atoms with E-state index in [2.05, 4.69) is 39.6 Å². The molecule has 18 heavy (non-hydrogen) atoms. The maximum atomic E-state index is 3.77. The standard InChI is InChI=1S/C15H29BrN2/c1-3-14(2)18-10-8-17(9-11-18)13-15(12-16)6-4-5-7-15/h14H,3-13H2,1-2H3. The van der Waals surface area contributed by atoms with Gasteiger partial charge < -0.3 is 4.90 Å². The van der Waals surface area contributed by atoms with E-state index < -0.39 is 0 Å². The maximum absolute atomic E-state index is 3.77. The quantitative estimate of drug-likeness (QED) is 0.718. The molecule has 1 unspecified atom stereocenters. The van der Waals surface area contributed by atoms with Gasteiger partial charge in [-0.25, -0.2) is 0 Å². The van der Waals surface area contributed by atoms with Gasteiger partial charge in [0.15, 0.2) is 0 Å². The minimum Gasteiger partial charge on any atom is -0.300 e. The van der Waals surface area contributed by atoms with Crippen LogP contribution >= 0.6 is 15.9 Å². The van der Waals surface area contributed by atoms with Crippen molar-refractivity contribution in [2.24, 2.45) is 5.41 Å². The van der Waals surface area contributed by atoms with Crippen LogP contribution in [0.15, 0.2) is 0 Å². The second kappa shape index (κ2) is 6.71. The lowest BCUT2D eigenvalue weighted by Crippen LogP contribution is -2.52. The molecule has 0 spiro atoms. The van der Waals surface area contributed by atoms with Crippen LogP contribution in [-0.2, 0) is 0 Å². The normalized spacial score (nSPS) is 27.5. The second-order valence-electron chi connectivity index (χ2n) is 6.41. The zero-order valence-corrected chi connectivity index (χ0v) is 13.7. The van der Waals surface area contributed by atoms with E-state index in [0.717, 1.165) is 6.04 Å². The summed E-state index contributed by atoms with van der Waals surface area (Å²) >= 11 is 3.77. The Kier molecular flexibility index (Phi) is 5.52. The molecule has 1 saturated heterocycles. The SMILES string of the molecule is CCC(C)N1CCN(CC2(CBr)CCCC2)CC1. The monoisotopic (exact) mass is 316 g/mol. The average Bonchev–Trinajstić information content (AvgIpc) is 2.88. The second-order valence-corrected chi connectivity index (χ2v) is 6.97. The summed E-state index contributed by atoms with van der Waals surface area (Å²) in [6.45, 7) is 11.1. The van der Waals surface area contributed by atoms with Gasteiger partial charge in [-0.3, -0.25) is 4.90 Å². The van der Waals surface area contributed by atoms with Gasteiger partial charge in [0, 0.05) is 44.1 Å². The predicted octanol–water partition coefficient (Wildman–Crippen LogP) is 3.36. The lowest BCUT2D eigenvalue weighted by Gasteiger charge is -2.41. The fourth-order valence-corrected chi connectivity index (χ4v) is 4.29. The van der Waals surface area contributed by atoms with Crippen LogP contribution in [0, 0.1) is 5.41 Å². The van der Waals surface area contributed by atoms with Crippen molar-refractivity contribution in [3.05, 3.63) is 0 Å². The van der Waals surface area contributed by atoms with Gasteiger partial charge in [0.05, 0.1) is 0 Å². The molecule has 2 nitrogen and oxygen atoms in total. The molecule has 0 aromatic carbocycles. The molecule has 1 saturated carbocycles. The van der Waals surface area contributed by atoms with Crippen LogP contribution < -0.4 is 0 Å². The Morgan fingerprint density at radius 1 is 1.11 bits per heavy atom. The molecule has 2 rings (SSSR count). The van der Waals surface area contributed by atoms with Crippen molar-refractivity contribution in [3.63, 3.8) is 0 Å². The van der Waals surface area contributed by atoms with E-state index in [1.807, 2.05) is 0 Å². The zero-order chi connectivity index (χ0) is 13.0. The molecule has 0 radical (unpaired) electrons. The smallest absolute Gasteiger partial charge is 0.0113 e. The number of piperazine rings is 1. The Labute approximate surface area is 121 Å². The Morgan fingerprint density at radius 3 is 2.22 bits per heavy atom. The van der Waals surface area contributed by atoms with Gasteiger partial charge in [-0.15, -0.1) is 0 Å². The summed E-state index contributed by atoms with van der Waals surface area (Å²) in [5, 5.41) is 1.20. The lowest BCUT2D eigenvalue weighted by atomic mass is 9.88. The van der Waals surface area contributed by atoms with Gasteiger partial charge in [0.1, 0.15) is 0 Å². The van der Waals surface area contributed by atoms with E-state index in [4.69, 9.17) is 0 Å². The Bertz CT molecular complexity index is 243. The third-order valence-corrected chi connectivity index (χ3v) is 6.32. The predicted molar refractivity (Wildman–Crippen MR) is 82.5 cm³/mol. The van der Waals surface area contributed by atoms with Crippen LogP contribution in [0.5, 0.6) is 0 Å². The number of hydrogen-bond donors (Lipinski definition) is 0. The number of hydrogen-bond acceptors (Lipinski definition) is 2. The first kappa shape index (κ1) is 14.8. The topological polar surface area (TPSA) is 6.48 Å². The summed E-state index contributed by atoms with van der Waals surface area (Å²) in [6.07, 6.45) is 7.04. The van der Waals surface area contributed by atoms with Crippen LogP contribution in [0.3, 0.4) is 0 Å². The summed E-state index contributed by atoms with van der Waals surface area (Å²) in [6, 6.07) is 0.767. The van der Waals surface area contributed by atoms with Crippen molar-refractivity contribution in [2.75, 3.05) is 38.1 Å². The first-order chi connectivity index (χ1) is 8.69. The van der Waals surface area contributed by atoms with E-state index in [-0.39, 0.29) is 0 Å². The molecule has 0 aromatic heterocycles. The third kappa shape index (κ3) is 3.49. The van der Waals surface area contributed by atoms with E-state index in [1.54, 1.807) is 0 Å². The Balaban J connectivity index is 1.79. The summed E-state index contributed by atoms with van der Waals surface area (Å²) in [5.74, 6) is 0. The van der Waals surface area contributed by atoms with Gasteiger partial charge in [-0.05, 0) is 31.6 Å². The number of alkyl halides is 1. The number of nitrogens with zero attached hydrogens (tertiary/aromatic N) is 2. The fourth-order valence-electron chi connectivity index (χ4n) is 3.55. The van der Waals surface area contributed by atoms with Gasteiger partial charge in [-0.1, -0.05) is 35.7 Å². The molecule has 3 heteroatoms. The van der Waals surface area contributed by atoms with E-state index in [0.29, 0.717) is 5.41 Å². The van der Waals surface area contributed by atoms with Crippen molar-refractivity contribution < 1.29 is 0 Å². The first-order valence-corrected chi connectivity index (χ1v) is 8.83. The highest BCUT2D eigenvalue weighted by Crippen LogP contribution is 2.40. The number of rotatable bonds is 5. The van der Waals surface area contributed by atoms with Crippen LogP contribution in [0.25, 0.3) is 0 Å². The molecule has 1 aliphatic carbocycles. The van der Waals surface area contributed by atoms with Crippen molar-refractivity contribution in [3.8, 4) is 0 Å². The summed E-state index contributed by atoms with van der Waals surface area (Å²) in [4.78, 5) is 5.37. The lowest BCUT2D eigenvalue weighted by molar-refractivity contribution is 0.0735. The molecule has 0 N–H and O–H groups in total. The maximum Gasteiger partial charge on any atom is 0.0113 e. The largest absolute Gasteiger partial charge is 0.300 e. The van der Waals surface area contributed by atoms with Crippen molar-refractivity contribution in [1.29, 1.82) is 0 Å². The number of halogens is 1. The van der Waals surface area contributed by atoms with Crippen molar-refractivity contribution >= 4 is 15.9 Å². The van der Waals surface area contributed by atoms with Crippen LogP contribution in [0.1, 0.15) is 46.0 Å². The molecular weight excluding hydrogens is 288 g/mol. The highest BCUT2D eigenvalue weighted by atomic mass is 79.9. The van der Waals surface area contributed by atoms with E-state index >= 15 is 0 Å². The van der Waals surface area contributed by atoms with Gasteiger partial charge in [-0.2, -0.15) is 0 Å². The molecule has 1 heterocycles. The molecule has 1 aliphatic heterocycles. The molecule has 0 bridgehead atoms. The summed E-state index contributed by atoms with van der Waals surface area (Å²) in [5.41, 5.74) is 0.596.